The summed E-state index contributed by atoms with van der Waals surface area (Å²) in [6.07, 6.45) is 1.35. The van der Waals surface area contributed by atoms with Gasteiger partial charge in [-0.15, -0.1) is 0 Å². The highest BCUT2D eigenvalue weighted by atomic mass is 16.6. The third-order valence-electron chi connectivity index (χ3n) is 4.19. The van der Waals surface area contributed by atoms with Crippen LogP contribution in [0.1, 0.15) is 24.0 Å². The number of methoxy groups -OCH3 is 1. The molecule has 0 radical (unpaired) electrons. The highest BCUT2D eigenvalue weighted by Gasteiger charge is 2.26. The smallest absolute Gasteiger partial charge is 0.415 e. The molecule has 0 N–H and O–H groups in total. The van der Waals surface area contributed by atoms with E-state index in [1.807, 2.05) is 61.5 Å². The lowest BCUT2D eigenvalue weighted by molar-refractivity contribution is 0.167. The second kappa shape index (κ2) is 8.26. The zero-order valence-electron chi connectivity index (χ0n) is 14.9. The fourth-order valence-corrected chi connectivity index (χ4v) is 2.68. The van der Waals surface area contributed by atoms with E-state index in [4.69, 9.17) is 9.47 Å². The first-order chi connectivity index (χ1) is 12.7. The van der Waals surface area contributed by atoms with E-state index >= 15 is 0 Å². The standard InChI is InChI=1S/C22H21NO3/c1-17(19-11-13-20(25-2)14-12-19)7-6-10-21-16-23(22(24)26-21)15-18-8-4-3-5-9-18/h3-5,8-14,17H,15-16H2,1-2H3. The first kappa shape index (κ1) is 17.6. The van der Waals surface area contributed by atoms with Gasteiger partial charge in [0, 0.05) is 18.5 Å². The van der Waals surface area contributed by atoms with Crippen molar-refractivity contribution < 1.29 is 14.3 Å². The van der Waals surface area contributed by atoms with Crippen LogP contribution in [0.25, 0.3) is 0 Å². The van der Waals surface area contributed by atoms with E-state index in [0.29, 0.717) is 18.8 Å². The lowest BCUT2D eigenvalue weighted by Crippen LogP contribution is -2.23. The second-order valence-corrected chi connectivity index (χ2v) is 6.10. The van der Waals surface area contributed by atoms with Crippen LogP contribution in [0, 0.1) is 11.8 Å². The molecular weight excluding hydrogens is 326 g/mol. The van der Waals surface area contributed by atoms with E-state index in [1.165, 1.54) is 0 Å². The molecule has 3 rings (SSSR count). The summed E-state index contributed by atoms with van der Waals surface area (Å²) >= 11 is 0. The highest BCUT2D eigenvalue weighted by molar-refractivity contribution is 5.72. The van der Waals surface area contributed by atoms with Crippen LogP contribution < -0.4 is 4.74 Å². The van der Waals surface area contributed by atoms with Crippen LogP contribution in [0.3, 0.4) is 0 Å². The number of allylic oxidation sites excluding steroid dienone is 1. The van der Waals surface area contributed by atoms with Crippen LogP contribution in [-0.4, -0.2) is 24.6 Å². The molecule has 4 heteroatoms. The Morgan fingerprint density at radius 3 is 2.62 bits per heavy atom. The maximum Gasteiger partial charge on any atom is 0.415 e. The first-order valence-corrected chi connectivity index (χ1v) is 8.50. The summed E-state index contributed by atoms with van der Waals surface area (Å²) in [4.78, 5) is 13.6. The quantitative estimate of drug-likeness (QED) is 0.773. The minimum absolute atomic E-state index is 0.0790. The first-order valence-electron chi connectivity index (χ1n) is 8.50. The molecule has 26 heavy (non-hydrogen) atoms. The molecule has 1 aliphatic rings. The molecule has 0 spiro atoms. The summed E-state index contributed by atoms with van der Waals surface area (Å²) in [5, 5.41) is 0. The van der Waals surface area contributed by atoms with Crippen molar-refractivity contribution >= 4 is 6.09 Å². The van der Waals surface area contributed by atoms with Gasteiger partial charge in [-0.2, -0.15) is 0 Å². The number of hydrogen-bond donors (Lipinski definition) is 0. The minimum atomic E-state index is -0.329. The molecule has 1 heterocycles. The van der Waals surface area contributed by atoms with Crippen molar-refractivity contribution in [2.75, 3.05) is 13.7 Å². The fraction of sp³-hybridized carbons (Fsp3) is 0.227. The molecule has 1 unspecified atom stereocenters. The Hall–Kier alpha value is -3.19. The molecule has 1 aliphatic heterocycles. The van der Waals surface area contributed by atoms with Crippen molar-refractivity contribution in [1.82, 2.24) is 4.90 Å². The van der Waals surface area contributed by atoms with Gasteiger partial charge < -0.3 is 9.47 Å². The number of carbonyl (C=O) groups excluding carboxylic acids is 1. The molecule has 1 amide bonds. The Morgan fingerprint density at radius 1 is 1.19 bits per heavy atom. The van der Waals surface area contributed by atoms with Gasteiger partial charge >= 0.3 is 6.09 Å². The maximum absolute atomic E-state index is 12.0. The van der Waals surface area contributed by atoms with Crippen LogP contribution in [-0.2, 0) is 11.3 Å². The Morgan fingerprint density at radius 2 is 1.92 bits per heavy atom. The molecule has 0 bridgehead atoms. The van der Waals surface area contributed by atoms with Gasteiger partial charge in [0.15, 0.2) is 0 Å². The van der Waals surface area contributed by atoms with E-state index in [1.54, 1.807) is 18.1 Å². The number of rotatable bonds is 4. The number of ether oxygens (including phenoxy) is 2. The van der Waals surface area contributed by atoms with Crippen molar-refractivity contribution in [2.24, 2.45) is 0 Å². The zero-order chi connectivity index (χ0) is 18.4. The lowest BCUT2D eigenvalue weighted by atomic mass is 10.0. The number of benzene rings is 2. The SMILES string of the molecule is COc1ccc(C(C)C#CC=C2CN(Cc3ccccc3)C(=O)O2)cc1. The van der Waals surface area contributed by atoms with E-state index in [0.717, 1.165) is 16.9 Å². The van der Waals surface area contributed by atoms with Crippen molar-refractivity contribution in [3.05, 3.63) is 77.6 Å². The van der Waals surface area contributed by atoms with Gasteiger partial charge in [-0.3, -0.25) is 4.90 Å². The summed E-state index contributed by atoms with van der Waals surface area (Å²) in [6, 6.07) is 17.7. The van der Waals surface area contributed by atoms with Crippen molar-refractivity contribution in [3.8, 4) is 17.6 Å². The normalized spacial score (nSPS) is 16.0. The van der Waals surface area contributed by atoms with Gasteiger partial charge in [-0.1, -0.05) is 54.3 Å². The lowest BCUT2D eigenvalue weighted by Gasteiger charge is -2.11. The number of amides is 1. The third-order valence-corrected chi connectivity index (χ3v) is 4.19. The van der Waals surface area contributed by atoms with Crippen LogP contribution in [0.4, 0.5) is 4.79 Å². The van der Waals surface area contributed by atoms with Crippen molar-refractivity contribution in [3.63, 3.8) is 0 Å². The summed E-state index contributed by atoms with van der Waals surface area (Å²) < 4.78 is 10.5. The predicted octanol–water partition coefficient (Wildman–Crippen LogP) is 4.34. The monoisotopic (exact) mass is 347 g/mol. The predicted molar refractivity (Wildman–Crippen MR) is 101 cm³/mol. The topological polar surface area (TPSA) is 38.8 Å². The number of hydrogen-bond acceptors (Lipinski definition) is 3. The molecule has 0 saturated carbocycles. The van der Waals surface area contributed by atoms with Gasteiger partial charge in [0.2, 0.25) is 0 Å². The van der Waals surface area contributed by atoms with E-state index in [2.05, 4.69) is 11.8 Å². The highest BCUT2D eigenvalue weighted by Crippen LogP contribution is 2.19. The molecule has 0 aliphatic carbocycles. The Balaban J connectivity index is 1.60. The van der Waals surface area contributed by atoms with Crippen LogP contribution in [0.5, 0.6) is 5.75 Å². The summed E-state index contributed by atoms with van der Waals surface area (Å²) in [6.45, 7) is 3.02. The van der Waals surface area contributed by atoms with E-state index in [-0.39, 0.29) is 12.0 Å². The van der Waals surface area contributed by atoms with E-state index < -0.39 is 0 Å². The average Bonchev–Trinajstić information content (AvgIpc) is 3.02. The summed E-state index contributed by atoms with van der Waals surface area (Å²) in [7, 11) is 1.65. The summed E-state index contributed by atoms with van der Waals surface area (Å²) in [5.74, 6) is 7.67. The largest absolute Gasteiger partial charge is 0.497 e. The van der Waals surface area contributed by atoms with Crippen LogP contribution in [0.2, 0.25) is 0 Å². The second-order valence-electron chi connectivity index (χ2n) is 6.10. The van der Waals surface area contributed by atoms with Gasteiger partial charge in [-0.25, -0.2) is 4.79 Å². The maximum atomic E-state index is 12.0. The van der Waals surface area contributed by atoms with Gasteiger partial charge in [0.25, 0.3) is 0 Å². The third kappa shape index (κ3) is 4.46. The molecule has 2 aromatic rings. The summed E-state index contributed by atoms with van der Waals surface area (Å²) in [5.41, 5.74) is 2.19. The number of nitrogens with zero attached hydrogens (tertiary/aromatic N) is 1. The molecule has 4 nitrogen and oxygen atoms in total. The zero-order valence-corrected chi connectivity index (χ0v) is 14.9. The van der Waals surface area contributed by atoms with Crippen molar-refractivity contribution in [1.29, 1.82) is 0 Å². The van der Waals surface area contributed by atoms with Gasteiger partial charge in [0.05, 0.1) is 13.7 Å². The molecule has 0 aromatic heterocycles. The number of cyclic esters (lactones) is 1. The Bertz CT molecular complexity index is 844. The average molecular weight is 347 g/mol. The molecule has 1 fully saturated rings. The molecule has 1 saturated heterocycles. The molecular formula is C22H21NO3. The molecule has 132 valence electrons. The van der Waals surface area contributed by atoms with Crippen LogP contribution in [0.15, 0.2) is 66.4 Å². The fourth-order valence-electron chi connectivity index (χ4n) is 2.68. The van der Waals surface area contributed by atoms with Gasteiger partial charge in [-0.05, 0) is 30.2 Å². The Labute approximate surface area is 154 Å². The van der Waals surface area contributed by atoms with Crippen molar-refractivity contribution in [2.45, 2.75) is 19.4 Å². The van der Waals surface area contributed by atoms with Gasteiger partial charge in [0.1, 0.15) is 11.5 Å². The molecule has 1 atom stereocenters. The van der Waals surface area contributed by atoms with E-state index in [9.17, 15) is 4.79 Å². The molecule has 2 aromatic carbocycles. The minimum Gasteiger partial charge on any atom is -0.497 e. The van der Waals surface area contributed by atoms with Crippen LogP contribution >= 0.6 is 0 Å². The number of carbonyl (C=O) groups is 1. The Kier molecular flexibility index (Phi) is 5.60.